The second-order valence-electron chi connectivity index (χ2n) is 17.9. The fourth-order valence-electron chi connectivity index (χ4n) is 11.9. The highest BCUT2D eigenvalue weighted by atomic mass is 15.1. The summed E-state index contributed by atoms with van der Waals surface area (Å²) >= 11 is 0. The lowest BCUT2D eigenvalue weighted by Crippen LogP contribution is -2.29. The minimum absolute atomic E-state index is 0.621. The Kier molecular flexibility index (Phi) is 7.97. The number of benzene rings is 12. The standard InChI is InChI=1S/C65H41N/c1-3-16-42(17-4-1)43-32-35-48(36-33-43)66(61-29-14-11-22-50(61)44-18-5-2-6-19-44)49-37-39-59-56(41-49)52-24-8-7-23-51(52)53-25-9-12-27-57(53)65(59)58-28-13-10-26-54(58)64-55-38-34-46-21-15-20-45-30-31-47(40-60(64)65)63(55)62(45)46/h1-41H. The van der Waals surface area contributed by atoms with Gasteiger partial charge in [0.05, 0.1) is 11.1 Å². The third-order valence-corrected chi connectivity index (χ3v) is 14.6. The Balaban J connectivity index is 1.08. The van der Waals surface area contributed by atoms with E-state index in [-0.39, 0.29) is 0 Å². The molecule has 0 saturated carbocycles. The third-order valence-electron chi connectivity index (χ3n) is 14.6. The van der Waals surface area contributed by atoms with Crippen LogP contribution in [0.3, 0.4) is 0 Å². The van der Waals surface area contributed by atoms with Gasteiger partial charge in [-0.05, 0) is 141 Å². The second-order valence-corrected chi connectivity index (χ2v) is 17.9. The summed E-state index contributed by atoms with van der Waals surface area (Å²) in [6.45, 7) is 0. The zero-order valence-corrected chi connectivity index (χ0v) is 36.1. The Morgan fingerprint density at radius 2 is 0.803 bits per heavy atom. The molecule has 0 heterocycles. The molecule has 0 aliphatic heterocycles. The Bertz CT molecular complexity index is 3850. The molecule has 0 amide bonds. The van der Waals surface area contributed by atoms with Crippen LogP contribution in [0.5, 0.6) is 0 Å². The maximum Gasteiger partial charge on any atom is 0.0726 e. The van der Waals surface area contributed by atoms with Crippen LogP contribution in [0.15, 0.2) is 249 Å². The van der Waals surface area contributed by atoms with Gasteiger partial charge in [0.1, 0.15) is 0 Å². The zero-order valence-electron chi connectivity index (χ0n) is 36.1. The van der Waals surface area contributed by atoms with Gasteiger partial charge in [0.15, 0.2) is 0 Å². The summed E-state index contributed by atoms with van der Waals surface area (Å²) in [4.78, 5) is 2.46. The highest BCUT2D eigenvalue weighted by molar-refractivity contribution is 6.27. The molecule has 0 bridgehead atoms. The molecular weight excluding hydrogens is 795 g/mol. The van der Waals surface area contributed by atoms with Gasteiger partial charge < -0.3 is 4.90 Å². The van der Waals surface area contributed by atoms with Crippen molar-refractivity contribution in [1.29, 1.82) is 0 Å². The SMILES string of the molecule is c1ccc(-c2ccc(N(c3ccc4c(c3)-c3ccccc3-c3ccccc3C43c4ccccc4-c4c3cc3ccc5cccc6ccc4c3c56)c3ccccc3-c3ccccc3)cc2)cc1. The minimum Gasteiger partial charge on any atom is -0.310 e. The number of para-hydroxylation sites is 1. The lowest BCUT2D eigenvalue weighted by molar-refractivity contribution is 0.777. The number of nitrogens with zero attached hydrogens (tertiary/aromatic N) is 1. The molecule has 2 aliphatic carbocycles. The van der Waals surface area contributed by atoms with Crippen LogP contribution in [0.25, 0.3) is 88.0 Å². The molecule has 306 valence electrons. The Morgan fingerprint density at radius 1 is 0.273 bits per heavy atom. The van der Waals surface area contributed by atoms with Crippen LogP contribution in [0, 0.1) is 0 Å². The lowest BCUT2D eigenvalue weighted by Gasteiger charge is -2.36. The summed E-state index contributed by atoms with van der Waals surface area (Å²) in [6.07, 6.45) is 0. The first-order valence-corrected chi connectivity index (χ1v) is 23.0. The summed E-state index contributed by atoms with van der Waals surface area (Å²) in [7, 11) is 0. The molecule has 1 unspecified atom stereocenters. The van der Waals surface area contributed by atoms with E-state index in [1.165, 1.54) is 110 Å². The number of anilines is 3. The van der Waals surface area contributed by atoms with E-state index in [2.05, 4.69) is 254 Å². The summed E-state index contributed by atoms with van der Waals surface area (Å²) in [5.74, 6) is 0. The van der Waals surface area contributed by atoms with E-state index in [0.29, 0.717) is 0 Å². The van der Waals surface area contributed by atoms with Crippen LogP contribution in [-0.4, -0.2) is 0 Å². The van der Waals surface area contributed by atoms with Gasteiger partial charge in [-0.1, -0.05) is 212 Å². The topological polar surface area (TPSA) is 3.24 Å². The van der Waals surface area contributed by atoms with Crippen molar-refractivity contribution in [2.45, 2.75) is 5.41 Å². The predicted molar refractivity (Wildman–Crippen MR) is 277 cm³/mol. The van der Waals surface area contributed by atoms with Gasteiger partial charge in [0.2, 0.25) is 0 Å². The highest BCUT2D eigenvalue weighted by Crippen LogP contribution is 2.64. The van der Waals surface area contributed by atoms with Crippen LogP contribution in [0.2, 0.25) is 0 Å². The zero-order chi connectivity index (χ0) is 43.3. The average molecular weight is 836 g/mol. The van der Waals surface area contributed by atoms with Crippen LogP contribution in [-0.2, 0) is 5.41 Å². The maximum atomic E-state index is 2.55. The van der Waals surface area contributed by atoms with Crippen molar-refractivity contribution in [3.63, 3.8) is 0 Å². The van der Waals surface area contributed by atoms with E-state index < -0.39 is 5.41 Å². The van der Waals surface area contributed by atoms with E-state index in [1.807, 2.05) is 0 Å². The van der Waals surface area contributed by atoms with Crippen molar-refractivity contribution >= 4 is 49.4 Å². The molecule has 0 fully saturated rings. The second kappa shape index (κ2) is 14.2. The summed E-state index contributed by atoms with van der Waals surface area (Å²) < 4.78 is 0. The molecule has 1 heteroatoms. The lowest BCUT2D eigenvalue weighted by atomic mass is 9.65. The van der Waals surface area contributed by atoms with E-state index in [1.54, 1.807) is 0 Å². The number of fused-ring (bicyclic) bond motifs is 13. The number of hydrogen-bond acceptors (Lipinski definition) is 1. The van der Waals surface area contributed by atoms with Gasteiger partial charge in [-0.2, -0.15) is 0 Å². The molecule has 14 rings (SSSR count). The monoisotopic (exact) mass is 835 g/mol. The first-order chi connectivity index (χ1) is 32.8. The fraction of sp³-hybridized carbons (Fsp3) is 0.0154. The van der Waals surface area contributed by atoms with Crippen molar-refractivity contribution < 1.29 is 0 Å². The maximum absolute atomic E-state index is 2.55. The van der Waals surface area contributed by atoms with Gasteiger partial charge in [-0.25, -0.2) is 0 Å². The van der Waals surface area contributed by atoms with E-state index in [9.17, 15) is 0 Å². The van der Waals surface area contributed by atoms with Crippen LogP contribution >= 0.6 is 0 Å². The molecule has 12 aromatic carbocycles. The fourth-order valence-corrected chi connectivity index (χ4v) is 11.9. The van der Waals surface area contributed by atoms with Gasteiger partial charge in [-0.3, -0.25) is 0 Å². The number of rotatable bonds is 5. The molecule has 66 heavy (non-hydrogen) atoms. The van der Waals surface area contributed by atoms with Gasteiger partial charge in [0.25, 0.3) is 0 Å². The summed E-state index contributed by atoms with van der Waals surface area (Å²) in [5, 5.41) is 7.86. The van der Waals surface area contributed by atoms with Gasteiger partial charge in [-0.15, -0.1) is 0 Å². The average Bonchev–Trinajstić information content (AvgIpc) is 3.63. The van der Waals surface area contributed by atoms with Crippen molar-refractivity contribution in [2.24, 2.45) is 0 Å². The molecule has 0 N–H and O–H groups in total. The summed E-state index contributed by atoms with van der Waals surface area (Å²) in [5.41, 5.74) is 20.3. The van der Waals surface area contributed by atoms with E-state index in [0.717, 1.165) is 17.1 Å². The predicted octanol–water partition coefficient (Wildman–Crippen LogP) is 17.4. The first-order valence-electron chi connectivity index (χ1n) is 23.0. The molecule has 1 nitrogen and oxygen atoms in total. The smallest absolute Gasteiger partial charge is 0.0726 e. The van der Waals surface area contributed by atoms with Crippen molar-refractivity contribution in [2.75, 3.05) is 4.90 Å². The first kappa shape index (κ1) is 36.9. The quantitative estimate of drug-likeness (QED) is 0.156. The molecule has 2 aliphatic rings. The van der Waals surface area contributed by atoms with Crippen LogP contribution in [0.4, 0.5) is 17.1 Å². The Hall–Kier alpha value is -8.52. The molecule has 0 saturated heterocycles. The molecule has 0 aromatic heterocycles. The molecular formula is C65H41N. The summed E-state index contributed by atoms with van der Waals surface area (Å²) in [6, 6.07) is 92.9. The normalized spacial score (nSPS) is 14.4. The van der Waals surface area contributed by atoms with Gasteiger partial charge >= 0.3 is 0 Å². The Labute approximate surface area is 384 Å². The van der Waals surface area contributed by atoms with Crippen LogP contribution in [0.1, 0.15) is 22.3 Å². The van der Waals surface area contributed by atoms with Crippen molar-refractivity contribution in [3.05, 3.63) is 271 Å². The molecule has 12 aromatic rings. The van der Waals surface area contributed by atoms with Crippen LogP contribution < -0.4 is 4.90 Å². The minimum atomic E-state index is -0.621. The largest absolute Gasteiger partial charge is 0.310 e. The van der Waals surface area contributed by atoms with Crippen molar-refractivity contribution in [3.8, 4) is 55.6 Å². The van der Waals surface area contributed by atoms with Crippen molar-refractivity contribution in [1.82, 2.24) is 0 Å². The molecule has 1 spiro atoms. The molecule has 0 radical (unpaired) electrons. The molecule has 1 atom stereocenters. The third kappa shape index (κ3) is 5.17. The van der Waals surface area contributed by atoms with E-state index >= 15 is 0 Å². The Morgan fingerprint density at radius 3 is 1.55 bits per heavy atom. The van der Waals surface area contributed by atoms with Gasteiger partial charge in [0, 0.05) is 16.9 Å². The highest BCUT2D eigenvalue weighted by Gasteiger charge is 2.50. The number of hydrogen-bond donors (Lipinski definition) is 0. The van der Waals surface area contributed by atoms with E-state index in [4.69, 9.17) is 0 Å².